The van der Waals surface area contributed by atoms with Crippen LogP contribution in [0.3, 0.4) is 0 Å². The molecule has 1 N–H and O–H groups in total. The van der Waals surface area contributed by atoms with Crippen molar-refractivity contribution < 1.29 is 0 Å². The number of tetrazole rings is 1. The van der Waals surface area contributed by atoms with Crippen molar-refractivity contribution in [2.24, 2.45) is 0 Å². The highest BCUT2D eigenvalue weighted by Gasteiger charge is 2.13. The summed E-state index contributed by atoms with van der Waals surface area (Å²) in [6.07, 6.45) is 1.32. The minimum Gasteiger partial charge on any atom is -0.274 e. The van der Waals surface area contributed by atoms with Crippen molar-refractivity contribution >= 4 is 0 Å². The number of hydrogen-bond acceptors (Lipinski definition) is 5. The zero-order valence-electron chi connectivity index (χ0n) is 17.5. The van der Waals surface area contributed by atoms with Crippen molar-refractivity contribution in [3.05, 3.63) is 70.4 Å². The Bertz CT molecular complexity index is 1270. The maximum Gasteiger partial charge on any atom is 0.346 e. The molecule has 0 fully saturated rings. The first-order valence-corrected chi connectivity index (χ1v) is 10.2. The minimum absolute atomic E-state index is 0.0911. The van der Waals surface area contributed by atoms with Crippen LogP contribution in [-0.2, 0) is 19.5 Å². The van der Waals surface area contributed by atoms with Gasteiger partial charge in [-0.25, -0.2) is 9.48 Å². The molecule has 0 amide bonds. The number of H-pyrrole nitrogens is 1. The molecular weight excluding hydrogens is 390 g/mol. The first-order chi connectivity index (χ1) is 15.2. The van der Waals surface area contributed by atoms with Gasteiger partial charge in [-0.1, -0.05) is 55.3 Å². The highest BCUT2D eigenvalue weighted by Crippen LogP contribution is 2.24. The Morgan fingerprint density at radius 1 is 1.06 bits per heavy atom. The van der Waals surface area contributed by atoms with Crippen LogP contribution in [-0.4, -0.2) is 35.0 Å². The summed E-state index contributed by atoms with van der Waals surface area (Å²) in [5.74, 6) is 7.16. The average Bonchev–Trinajstić information content (AvgIpc) is 3.43. The third-order valence-electron chi connectivity index (χ3n) is 4.95. The quantitative estimate of drug-likeness (QED) is 0.470. The van der Waals surface area contributed by atoms with Crippen molar-refractivity contribution in [1.29, 1.82) is 0 Å². The van der Waals surface area contributed by atoms with E-state index in [0.717, 1.165) is 28.7 Å². The molecule has 156 valence electrons. The van der Waals surface area contributed by atoms with Gasteiger partial charge in [0.2, 0.25) is 5.82 Å². The molecule has 0 radical (unpaired) electrons. The van der Waals surface area contributed by atoms with Crippen molar-refractivity contribution in [1.82, 2.24) is 35.0 Å². The first-order valence-electron chi connectivity index (χ1n) is 10.2. The van der Waals surface area contributed by atoms with Gasteiger partial charge in [0.15, 0.2) is 0 Å². The molecule has 0 saturated carbocycles. The molecule has 0 aliphatic heterocycles. The Morgan fingerprint density at radius 2 is 1.87 bits per heavy atom. The zero-order chi connectivity index (χ0) is 21.6. The van der Waals surface area contributed by atoms with E-state index in [1.807, 2.05) is 43.3 Å². The Hall–Kier alpha value is -3.99. The SMILES string of the molecule is CC#CCc1nn(CCC)c(=O)n1Cc1ccc(-c2cccc(-c3nn[nH]n3)c2)cc1. The summed E-state index contributed by atoms with van der Waals surface area (Å²) in [5.41, 5.74) is 3.96. The van der Waals surface area contributed by atoms with Crippen molar-refractivity contribution in [3.8, 4) is 34.4 Å². The van der Waals surface area contributed by atoms with Crippen LogP contribution in [0.2, 0.25) is 0 Å². The normalized spacial score (nSPS) is 10.6. The molecular formula is C23H23N7O. The predicted octanol–water partition coefficient (Wildman–Crippen LogP) is 2.92. The largest absolute Gasteiger partial charge is 0.346 e. The van der Waals surface area contributed by atoms with E-state index in [1.165, 1.54) is 4.68 Å². The summed E-state index contributed by atoms with van der Waals surface area (Å²) in [4.78, 5) is 12.8. The van der Waals surface area contributed by atoms with Gasteiger partial charge in [-0.2, -0.15) is 10.3 Å². The molecule has 0 unspecified atom stereocenters. The zero-order valence-corrected chi connectivity index (χ0v) is 17.5. The van der Waals surface area contributed by atoms with Gasteiger partial charge in [0.1, 0.15) is 5.82 Å². The first kappa shape index (κ1) is 20.3. The van der Waals surface area contributed by atoms with Gasteiger partial charge in [-0.05, 0) is 41.3 Å². The average molecular weight is 413 g/mol. The van der Waals surface area contributed by atoms with Gasteiger partial charge in [0, 0.05) is 12.1 Å². The third-order valence-corrected chi connectivity index (χ3v) is 4.95. The Balaban J connectivity index is 1.59. The molecule has 0 bridgehead atoms. The standard InChI is InChI=1S/C23H23N7O/c1-3-5-9-21-26-30(14-4-2)23(31)29(21)16-17-10-12-18(13-11-17)19-7-6-8-20(15-19)22-24-27-28-25-22/h6-8,10-13,15H,4,9,14,16H2,1-2H3,(H,24,25,27,28). The van der Waals surface area contributed by atoms with Crippen LogP contribution in [0.1, 0.15) is 31.7 Å². The number of aryl methyl sites for hydroxylation is 1. The number of nitrogens with one attached hydrogen (secondary N) is 1. The molecule has 2 heterocycles. The summed E-state index contributed by atoms with van der Waals surface area (Å²) in [5, 5.41) is 18.6. The molecule has 0 aliphatic rings. The Kier molecular flexibility index (Phi) is 6.03. The number of benzene rings is 2. The molecule has 8 nitrogen and oxygen atoms in total. The second-order valence-corrected chi connectivity index (χ2v) is 7.12. The fourth-order valence-electron chi connectivity index (χ4n) is 3.41. The van der Waals surface area contributed by atoms with Gasteiger partial charge < -0.3 is 0 Å². The molecule has 0 saturated heterocycles. The fraction of sp³-hybridized carbons (Fsp3) is 0.261. The van der Waals surface area contributed by atoms with E-state index in [9.17, 15) is 4.79 Å². The summed E-state index contributed by atoms with van der Waals surface area (Å²) in [7, 11) is 0. The third kappa shape index (κ3) is 4.46. The Morgan fingerprint density at radius 3 is 2.58 bits per heavy atom. The van der Waals surface area contributed by atoms with Crippen LogP contribution in [0.4, 0.5) is 0 Å². The lowest BCUT2D eigenvalue weighted by Crippen LogP contribution is -2.26. The molecule has 4 rings (SSSR count). The van der Waals surface area contributed by atoms with Gasteiger partial charge >= 0.3 is 5.69 Å². The molecule has 31 heavy (non-hydrogen) atoms. The summed E-state index contributed by atoms with van der Waals surface area (Å²) in [6.45, 7) is 4.89. The minimum atomic E-state index is -0.0911. The van der Waals surface area contributed by atoms with Crippen molar-refractivity contribution in [2.45, 2.75) is 39.8 Å². The van der Waals surface area contributed by atoms with Gasteiger partial charge in [-0.15, -0.1) is 16.1 Å². The highest BCUT2D eigenvalue weighted by atomic mass is 16.2. The molecule has 2 aromatic carbocycles. The van der Waals surface area contributed by atoms with E-state index in [2.05, 4.69) is 49.7 Å². The lowest BCUT2D eigenvalue weighted by molar-refractivity contribution is 0.569. The van der Waals surface area contributed by atoms with E-state index in [-0.39, 0.29) is 5.69 Å². The van der Waals surface area contributed by atoms with Crippen LogP contribution in [0.25, 0.3) is 22.5 Å². The van der Waals surface area contributed by atoms with Gasteiger partial charge in [0.25, 0.3) is 0 Å². The highest BCUT2D eigenvalue weighted by molar-refractivity contribution is 5.70. The van der Waals surface area contributed by atoms with Gasteiger partial charge in [0.05, 0.1) is 13.0 Å². The molecule has 0 spiro atoms. The molecule has 0 aliphatic carbocycles. The second-order valence-electron chi connectivity index (χ2n) is 7.12. The van der Waals surface area contributed by atoms with Gasteiger partial charge in [-0.3, -0.25) is 4.57 Å². The number of aromatic nitrogens is 7. The Labute approximate surface area is 179 Å². The van der Waals surface area contributed by atoms with Crippen molar-refractivity contribution in [2.75, 3.05) is 0 Å². The van der Waals surface area contributed by atoms with E-state index < -0.39 is 0 Å². The van der Waals surface area contributed by atoms with E-state index >= 15 is 0 Å². The van der Waals surface area contributed by atoms with Crippen LogP contribution < -0.4 is 5.69 Å². The monoisotopic (exact) mass is 413 g/mol. The maximum atomic E-state index is 12.8. The number of hydrogen-bond donors (Lipinski definition) is 1. The molecule has 4 aromatic rings. The summed E-state index contributed by atoms with van der Waals surface area (Å²) in [6, 6.07) is 16.2. The van der Waals surface area contributed by atoms with Crippen LogP contribution in [0.5, 0.6) is 0 Å². The lowest BCUT2D eigenvalue weighted by atomic mass is 10.0. The predicted molar refractivity (Wildman–Crippen MR) is 118 cm³/mol. The molecule has 8 heteroatoms. The van der Waals surface area contributed by atoms with E-state index in [4.69, 9.17) is 0 Å². The van der Waals surface area contributed by atoms with Crippen molar-refractivity contribution in [3.63, 3.8) is 0 Å². The fourth-order valence-corrected chi connectivity index (χ4v) is 3.41. The van der Waals surface area contributed by atoms with Crippen LogP contribution >= 0.6 is 0 Å². The lowest BCUT2D eigenvalue weighted by Gasteiger charge is -2.07. The molecule has 2 aromatic heterocycles. The smallest absolute Gasteiger partial charge is 0.274 e. The van der Waals surface area contributed by atoms with E-state index in [0.29, 0.717) is 31.2 Å². The number of rotatable bonds is 7. The number of aromatic amines is 1. The summed E-state index contributed by atoms with van der Waals surface area (Å²) < 4.78 is 3.25. The number of nitrogens with zero attached hydrogens (tertiary/aromatic N) is 6. The maximum absolute atomic E-state index is 12.8. The van der Waals surface area contributed by atoms with Crippen LogP contribution in [0.15, 0.2) is 53.3 Å². The topological polar surface area (TPSA) is 94.3 Å². The molecule has 0 atom stereocenters. The van der Waals surface area contributed by atoms with Crippen LogP contribution in [0, 0.1) is 11.8 Å². The summed E-state index contributed by atoms with van der Waals surface area (Å²) >= 11 is 0. The second kappa shape index (κ2) is 9.22. The van der Waals surface area contributed by atoms with E-state index in [1.54, 1.807) is 11.5 Å².